The van der Waals surface area contributed by atoms with Gasteiger partial charge in [-0.15, -0.1) is 24.8 Å². The van der Waals surface area contributed by atoms with Crippen LogP contribution in [0.3, 0.4) is 0 Å². The van der Waals surface area contributed by atoms with Crippen LogP contribution in [-0.2, 0) is 4.79 Å². The lowest BCUT2D eigenvalue weighted by Crippen LogP contribution is -2.46. The van der Waals surface area contributed by atoms with Gasteiger partial charge in [0.15, 0.2) is 0 Å². The minimum Gasteiger partial charge on any atom is -0.354 e. The highest BCUT2D eigenvalue weighted by Gasteiger charge is 2.39. The summed E-state index contributed by atoms with van der Waals surface area (Å²) in [4.78, 5) is 14.6. The number of amides is 1. The Labute approximate surface area is 136 Å². The van der Waals surface area contributed by atoms with Crippen LogP contribution < -0.4 is 11.1 Å². The van der Waals surface area contributed by atoms with Crippen molar-refractivity contribution in [3.05, 3.63) is 0 Å². The molecule has 0 radical (unpaired) electrons. The zero-order valence-electron chi connectivity index (χ0n) is 12.8. The van der Waals surface area contributed by atoms with Crippen LogP contribution in [0.15, 0.2) is 0 Å². The molecule has 1 rings (SSSR count). The lowest BCUT2D eigenvalue weighted by molar-refractivity contribution is -0.130. The zero-order valence-corrected chi connectivity index (χ0v) is 14.5. The summed E-state index contributed by atoms with van der Waals surface area (Å²) in [6.07, 6.45) is 5.36. The van der Waals surface area contributed by atoms with Gasteiger partial charge in [0.25, 0.3) is 0 Å². The normalized spacial score (nSPS) is 16.4. The molecule has 1 saturated carbocycles. The number of nitrogens with two attached hydrogens (primary N) is 1. The van der Waals surface area contributed by atoms with Gasteiger partial charge in [-0.1, -0.05) is 26.7 Å². The van der Waals surface area contributed by atoms with Crippen LogP contribution in [-0.4, -0.2) is 43.5 Å². The highest BCUT2D eigenvalue weighted by atomic mass is 35.5. The van der Waals surface area contributed by atoms with Gasteiger partial charge in [0.2, 0.25) is 5.91 Å². The van der Waals surface area contributed by atoms with Crippen molar-refractivity contribution in [2.24, 2.45) is 11.1 Å². The van der Waals surface area contributed by atoms with Gasteiger partial charge in [-0.05, 0) is 32.4 Å². The van der Waals surface area contributed by atoms with E-state index in [0.29, 0.717) is 6.54 Å². The van der Waals surface area contributed by atoms with E-state index >= 15 is 0 Å². The first-order chi connectivity index (χ1) is 8.68. The lowest BCUT2D eigenvalue weighted by atomic mass is 9.85. The Hall–Kier alpha value is -0.0300. The number of carbonyl (C=O) groups is 1. The van der Waals surface area contributed by atoms with E-state index in [4.69, 9.17) is 5.73 Å². The van der Waals surface area contributed by atoms with Crippen molar-refractivity contribution < 1.29 is 4.79 Å². The molecule has 0 aromatic heterocycles. The monoisotopic (exact) mass is 327 g/mol. The minimum absolute atomic E-state index is 0. The van der Waals surface area contributed by atoms with Crippen molar-refractivity contribution in [3.8, 4) is 0 Å². The predicted molar refractivity (Wildman–Crippen MR) is 89.9 cm³/mol. The van der Waals surface area contributed by atoms with Gasteiger partial charge in [0, 0.05) is 19.6 Å². The Morgan fingerprint density at radius 3 is 2.25 bits per heavy atom. The summed E-state index contributed by atoms with van der Waals surface area (Å²) in [5.41, 5.74) is 5.54. The molecule has 0 saturated heterocycles. The number of hydrogen-bond acceptors (Lipinski definition) is 3. The van der Waals surface area contributed by atoms with E-state index in [9.17, 15) is 4.79 Å². The number of nitrogens with zero attached hydrogens (tertiary/aromatic N) is 1. The maximum atomic E-state index is 12.2. The van der Waals surface area contributed by atoms with Crippen molar-refractivity contribution in [3.63, 3.8) is 0 Å². The van der Waals surface area contributed by atoms with Crippen LogP contribution in [0.25, 0.3) is 0 Å². The lowest BCUT2D eigenvalue weighted by Gasteiger charge is -2.27. The second kappa shape index (κ2) is 11.6. The topological polar surface area (TPSA) is 58.4 Å². The molecule has 3 N–H and O–H groups in total. The van der Waals surface area contributed by atoms with Gasteiger partial charge >= 0.3 is 0 Å². The van der Waals surface area contributed by atoms with Crippen LogP contribution in [0.5, 0.6) is 0 Å². The molecule has 1 amide bonds. The number of hydrogen-bond donors (Lipinski definition) is 2. The fraction of sp³-hybridized carbons (Fsp3) is 0.929. The number of nitrogens with one attached hydrogen (secondary N) is 1. The van der Waals surface area contributed by atoms with E-state index in [-0.39, 0.29) is 36.1 Å². The SMILES string of the molecule is CCCN(CC)CCNC(=O)C1(CN)CCCC1.Cl.Cl. The summed E-state index contributed by atoms with van der Waals surface area (Å²) in [5.74, 6) is 0.176. The van der Waals surface area contributed by atoms with Crippen molar-refractivity contribution >= 4 is 30.7 Å². The fourth-order valence-corrected chi connectivity index (χ4v) is 2.83. The van der Waals surface area contributed by atoms with E-state index in [1.165, 1.54) is 0 Å². The van der Waals surface area contributed by atoms with Crippen LogP contribution in [0, 0.1) is 5.41 Å². The quantitative estimate of drug-likeness (QED) is 0.718. The summed E-state index contributed by atoms with van der Waals surface area (Å²) in [7, 11) is 0. The first-order valence-corrected chi connectivity index (χ1v) is 7.39. The molecular formula is C14H31Cl2N3O. The van der Waals surface area contributed by atoms with E-state index in [0.717, 1.165) is 58.3 Å². The Morgan fingerprint density at radius 1 is 1.20 bits per heavy atom. The molecule has 0 atom stereocenters. The molecule has 1 fully saturated rings. The molecule has 0 heterocycles. The summed E-state index contributed by atoms with van der Waals surface area (Å²) in [5, 5.41) is 3.08. The van der Waals surface area contributed by atoms with Crippen LogP contribution >= 0.6 is 24.8 Å². The molecule has 6 heteroatoms. The number of rotatable bonds is 8. The maximum Gasteiger partial charge on any atom is 0.227 e. The van der Waals surface area contributed by atoms with E-state index < -0.39 is 0 Å². The van der Waals surface area contributed by atoms with Crippen molar-refractivity contribution in [2.45, 2.75) is 46.0 Å². The Morgan fingerprint density at radius 2 is 1.80 bits per heavy atom. The third-order valence-electron chi connectivity index (χ3n) is 4.13. The van der Waals surface area contributed by atoms with Gasteiger partial charge in [-0.3, -0.25) is 4.79 Å². The summed E-state index contributed by atoms with van der Waals surface area (Å²) in [6.45, 7) is 8.68. The van der Waals surface area contributed by atoms with Crippen LogP contribution in [0.2, 0.25) is 0 Å². The first-order valence-electron chi connectivity index (χ1n) is 7.39. The standard InChI is InChI=1S/C14H29N3O.2ClH/c1-3-10-17(4-2)11-9-16-13(18)14(12-15)7-5-6-8-14;;/h3-12,15H2,1-2H3,(H,16,18);2*1H. The number of halogens is 2. The molecule has 0 aromatic rings. The number of carbonyl (C=O) groups excluding carboxylic acids is 1. The molecule has 0 aromatic carbocycles. The molecule has 0 bridgehead atoms. The van der Waals surface area contributed by atoms with E-state index in [1.807, 2.05) is 0 Å². The molecule has 1 aliphatic carbocycles. The van der Waals surface area contributed by atoms with Crippen LogP contribution in [0.1, 0.15) is 46.0 Å². The third-order valence-corrected chi connectivity index (χ3v) is 4.13. The molecule has 1 aliphatic rings. The molecule has 4 nitrogen and oxygen atoms in total. The third kappa shape index (κ3) is 6.17. The summed E-state index contributed by atoms with van der Waals surface area (Å²) < 4.78 is 0. The van der Waals surface area contributed by atoms with Crippen LogP contribution in [0.4, 0.5) is 0 Å². The second-order valence-corrected chi connectivity index (χ2v) is 5.38. The van der Waals surface area contributed by atoms with Gasteiger partial charge < -0.3 is 16.0 Å². The maximum absolute atomic E-state index is 12.2. The fourth-order valence-electron chi connectivity index (χ4n) is 2.83. The summed E-state index contributed by atoms with van der Waals surface area (Å²) in [6, 6.07) is 0. The zero-order chi connectivity index (χ0) is 13.4. The minimum atomic E-state index is -0.262. The first kappa shape index (κ1) is 22.3. The number of likely N-dealkylation sites (N-methyl/N-ethyl adjacent to an activating group) is 1. The Bertz CT molecular complexity index is 259. The highest BCUT2D eigenvalue weighted by molar-refractivity contribution is 5.85. The van der Waals surface area contributed by atoms with Gasteiger partial charge in [-0.25, -0.2) is 0 Å². The van der Waals surface area contributed by atoms with E-state index in [1.54, 1.807) is 0 Å². The van der Waals surface area contributed by atoms with Gasteiger partial charge in [-0.2, -0.15) is 0 Å². The van der Waals surface area contributed by atoms with Crippen molar-refractivity contribution in [1.29, 1.82) is 0 Å². The highest BCUT2D eigenvalue weighted by Crippen LogP contribution is 2.37. The second-order valence-electron chi connectivity index (χ2n) is 5.38. The molecule has 0 spiro atoms. The molecule has 0 unspecified atom stereocenters. The van der Waals surface area contributed by atoms with Gasteiger partial charge in [0.05, 0.1) is 5.41 Å². The average molecular weight is 328 g/mol. The van der Waals surface area contributed by atoms with E-state index in [2.05, 4.69) is 24.1 Å². The molecule has 20 heavy (non-hydrogen) atoms. The molecular weight excluding hydrogens is 297 g/mol. The van der Waals surface area contributed by atoms with Gasteiger partial charge in [0.1, 0.15) is 0 Å². The van der Waals surface area contributed by atoms with Crippen molar-refractivity contribution in [2.75, 3.05) is 32.7 Å². The average Bonchev–Trinajstić information content (AvgIpc) is 2.87. The summed E-state index contributed by atoms with van der Waals surface area (Å²) >= 11 is 0. The predicted octanol–water partition coefficient (Wildman–Crippen LogP) is 2.20. The molecule has 122 valence electrons. The Balaban J connectivity index is 0. The van der Waals surface area contributed by atoms with Crippen molar-refractivity contribution in [1.82, 2.24) is 10.2 Å². The Kier molecular flexibility index (Phi) is 12.9. The largest absolute Gasteiger partial charge is 0.354 e. The smallest absolute Gasteiger partial charge is 0.227 e. The molecule has 0 aliphatic heterocycles.